The largest absolute Gasteiger partial charge is 0.338 e. The lowest BCUT2D eigenvalue weighted by Gasteiger charge is -2.31. The normalized spacial score (nSPS) is 16.9. The van der Waals surface area contributed by atoms with Crippen molar-refractivity contribution < 1.29 is 9.32 Å². The topological polar surface area (TPSA) is 71.3 Å². The summed E-state index contributed by atoms with van der Waals surface area (Å²) < 4.78 is 5.45. The molecule has 0 bridgehead atoms. The molecule has 0 radical (unpaired) electrons. The van der Waals surface area contributed by atoms with Gasteiger partial charge in [-0.1, -0.05) is 41.9 Å². The van der Waals surface area contributed by atoms with Crippen LogP contribution in [-0.4, -0.2) is 34.0 Å². The number of aromatic nitrogens is 2. The predicted octanol–water partition coefficient (Wildman–Crippen LogP) is 5.11. The number of carbonyl (C=O) groups excluding carboxylic acids is 1. The van der Waals surface area contributed by atoms with Crippen LogP contribution in [-0.2, 0) is 17.8 Å². The molecule has 2 aromatic carbocycles. The van der Waals surface area contributed by atoms with Crippen molar-refractivity contribution in [3.05, 3.63) is 64.5 Å². The number of aryl methyl sites for hydroxylation is 2. The Morgan fingerprint density at radius 3 is 2.84 bits per heavy atom. The Bertz CT molecular complexity index is 1050. The lowest BCUT2D eigenvalue weighted by Crippen LogP contribution is -2.40. The molecule has 4 rings (SSSR count). The zero-order chi connectivity index (χ0) is 21.8. The first-order chi connectivity index (χ1) is 15.0. The molecule has 1 saturated heterocycles. The van der Waals surface area contributed by atoms with Crippen LogP contribution in [0.5, 0.6) is 0 Å². The van der Waals surface area contributed by atoms with E-state index >= 15 is 0 Å². The lowest BCUT2D eigenvalue weighted by molar-refractivity contribution is -0.121. The first kappa shape index (κ1) is 21.5. The zero-order valence-electron chi connectivity index (χ0n) is 17.9. The van der Waals surface area contributed by atoms with Gasteiger partial charge in [0.25, 0.3) is 0 Å². The summed E-state index contributed by atoms with van der Waals surface area (Å²) in [7, 11) is 0. The molecule has 1 N–H and O–H groups in total. The van der Waals surface area contributed by atoms with E-state index in [9.17, 15) is 4.79 Å². The van der Waals surface area contributed by atoms with Crippen LogP contribution in [0.15, 0.2) is 47.0 Å². The molecule has 1 aliphatic rings. The highest BCUT2D eigenvalue weighted by atomic mass is 35.5. The summed E-state index contributed by atoms with van der Waals surface area (Å²) in [4.78, 5) is 19.7. The van der Waals surface area contributed by atoms with E-state index in [2.05, 4.69) is 33.3 Å². The van der Waals surface area contributed by atoms with E-state index in [1.165, 1.54) is 5.56 Å². The maximum atomic E-state index is 13.0. The van der Waals surface area contributed by atoms with E-state index in [0.29, 0.717) is 29.8 Å². The number of nitrogens with zero attached hydrogens (tertiary/aromatic N) is 3. The van der Waals surface area contributed by atoms with E-state index in [4.69, 9.17) is 16.1 Å². The fraction of sp³-hybridized carbons (Fsp3) is 0.375. The molecule has 1 amide bonds. The highest BCUT2D eigenvalue weighted by molar-refractivity contribution is 6.30. The highest BCUT2D eigenvalue weighted by Crippen LogP contribution is 2.25. The second-order valence-corrected chi connectivity index (χ2v) is 8.48. The van der Waals surface area contributed by atoms with Gasteiger partial charge >= 0.3 is 0 Å². The Morgan fingerprint density at radius 1 is 1.26 bits per heavy atom. The summed E-state index contributed by atoms with van der Waals surface area (Å²) in [5.74, 6) is 1.13. The van der Waals surface area contributed by atoms with Gasteiger partial charge in [0.05, 0.1) is 12.5 Å². The fourth-order valence-corrected chi connectivity index (χ4v) is 4.19. The Labute approximate surface area is 187 Å². The van der Waals surface area contributed by atoms with Gasteiger partial charge in [0.2, 0.25) is 17.6 Å². The molecule has 6 nitrogen and oxygen atoms in total. The Hall–Kier alpha value is -2.70. The molecule has 1 aromatic heterocycles. The Morgan fingerprint density at radius 2 is 2.06 bits per heavy atom. The maximum absolute atomic E-state index is 13.0. The third-order valence-electron chi connectivity index (χ3n) is 5.79. The average Bonchev–Trinajstić information content (AvgIpc) is 3.24. The third kappa shape index (κ3) is 5.14. The smallest absolute Gasteiger partial charge is 0.241 e. The summed E-state index contributed by atoms with van der Waals surface area (Å²) in [6, 6.07) is 13.5. The molecule has 3 aromatic rings. The molecule has 0 spiro atoms. The standard InChI is InChI=1S/C24H27ClN4O2/c1-3-17-7-4-6-16(2)22(17)27-24(30)19-8-5-13-29(14-19)15-21-26-23(28-31-21)18-9-11-20(25)12-10-18/h4,6-7,9-12,19H,3,5,8,13-15H2,1-2H3,(H,27,30). The second kappa shape index (κ2) is 9.62. The first-order valence-electron chi connectivity index (χ1n) is 10.7. The lowest BCUT2D eigenvalue weighted by atomic mass is 9.96. The minimum atomic E-state index is -0.0586. The van der Waals surface area contributed by atoms with Crippen LogP contribution in [0.1, 0.15) is 36.8 Å². The number of carbonyl (C=O) groups is 1. The van der Waals surface area contributed by atoms with Crippen molar-refractivity contribution in [3.8, 4) is 11.4 Å². The molecular weight excluding hydrogens is 412 g/mol. The van der Waals surface area contributed by atoms with Crippen LogP contribution in [0.2, 0.25) is 5.02 Å². The zero-order valence-corrected chi connectivity index (χ0v) is 18.7. The van der Waals surface area contributed by atoms with Crippen LogP contribution in [0.3, 0.4) is 0 Å². The van der Waals surface area contributed by atoms with Gasteiger partial charge < -0.3 is 9.84 Å². The summed E-state index contributed by atoms with van der Waals surface area (Å²) in [6.07, 6.45) is 2.74. The Kier molecular flexibility index (Phi) is 6.68. The van der Waals surface area contributed by atoms with Crippen molar-refractivity contribution in [2.75, 3.05) is 18.4 Å². The number of halogens is 1. The van der Waals surface area contributed by atoms with Gasteiger partial charge in [-0.3, -0.25) is 9.69 Å². The highest BCUT2D eigenvalue weighted by Gasteiger charge is 2.27. The number of hydrogen-bond donors (Lipinski definition) is 1. The number of piperidine rings is 1. The van der Waals surface area contributed by atoms with Crippen molar-refractivity contribution in [3.63, 3.8) is 0 Å². The van der Waals surface area contributed by atoms with Gasteiger partial charge in [-0.15, -0.1) is 0 Å². The number of anilines is 1. The molecule has 1 unspecified atom stereocenters. The van der Waals surface area contributed by atoms with Crippen LogP contribution in [0.4, 0.5) is 5.69 Å². The summed E-state index contributed by atoms with van der Waals surface area (Å²) in [5.41, 5.74) is 4.08. The summed E-state index contributed by atoms with van der Waals surface area (Å²) in [6.45, 7) is 6.27. The number of nitrogens with one attached hydrogen (secondary N) is 1. The number of hydrogen-bond acceptors (Lipinski definition) is 5. The maximum Gasteiger partial charge on any atom is 0.241 e. The monoisotopic (exact) mass is 438 g/mol. The average molecular weight is 439 g/mol. The van der Waals surface area contributed by atoms with E-state index in [-0.39, 0.29) is 11.8 Å². The van der Waals surface area contributed by atoms with Crippen LogP contribution in [0, 0.1) is 12.8 Å². The fourth-order valence-electron chi connectivity index (χ4n) is 4.07. The first-order valence-corrected chi connectivity index (χ1v) is 11.1. The van der Waals surface area contributed by atoms with Gasteiger partial charge in [-0.2, -0.15) is 4.98 Å². The van der Waals surface area contributed by atoms with Gasteiger partial charge in [-0.25, -0.2) is 0 Å². The van der Waals surface area contributed by atoms with E-state index in [0.717, 1.165) is 42.6 Å². The van der Waals surface area contributed by atoms with Gasteiger partial charge in [0.15, 0.2) is 0 Å². The predicted molar refractivity (Wildman–Crippen MR) is 122 cm³/mol. The van der Waals surface area contributed by atoms with Crippen LogP contribution in [0.25, 0.3) is 11.4 Å². The van der Waals surface area contributed by atoms with Crippen LogP contribution < -0.4 is 5.32 Å². The molecule has 1 fully saturated rings. The quantitative estimate of drug-likeness (QED) is 0.578. The van der Waals surface area contributed by atoms with Gasteiger partial charge in [0.1, 0.15) is 0 Å². The number of likely N-dealkylation sites (tertiary alicyclic amines) is 1. The number of benzene rings is 2. The minimum Gasteiger partial charge on any atom is -0.338 e. The molecule has 7 heteroatoms. The van der Waals surface area contributed by atoms with Crippen molar-refractivity contribution in [2.24, 2.45) is 5.92 Å². The van der Waals surface area contributed by atoms with Crippen molar-refractivity contribution in [2.45, 2.75) is 39.7 Å². The molecule has 2 heterocycles. The molecule has 0 aliphatic carbocycles. The van der Waals surface area contributed by atoms with Crippen LogP contribution >= 0.6 is 11.6 Å². The molecular formula is C24H27ClN4O2. The van der Waals surface area contributed by atoms with Gasteiger partial charge in [-0.05, 0) is 68.1 Å². The van der Waals surface area contributed by atoms with E-state index in [1.807, 2.05) is 31.2 Å². The van der Waals surface area contributed by atoms with E-state index < -0.39 is 0 Å². The Balaban J connectivity index is 1.39. The summed E-state index contributed by atoms with van der Waals surface area (Å²) >= 11 is 5.95. The summed E-state index contributed by atoms with van der Waals surface area (Å²) in [5, 5.41) is 7.94. The van der Waals surface area contributed by atoms with E-state index in [1.54, 1.807) is 12.1 Å². The molecule has 1 atom stereocenters. The SMILES string of the molecule is CCc1cccc(C)c1NC(=O)C1CCCN(Cc2nc(-c3ccc(Cl)cc3)no2)C1. The molecule has 162 valence electrons. The third-order valence-corrected chi connectivity index (χ3v) is 6.05. The van der Waals surface area contributed by atoms with Crippen molar-refractivity contribution in [1.82, 2.24) is 15.0 Å². The second-order valence-electron chi connectivity index (χ2n) is 8.04. The van der Waals surface area contributed by atoms with Crippen molar-refractivity contribution in [1.29, 1.82) is 0 Å². The van der Waals surface area contributed by atoms with Crippen molar-refractivity contribution >= 4 is 23.2 Å². The number of amides is 1. The molecule has 1 aliphatic heterocycles. The molecule has 31 heavy (non-hydrogen) atoms. The minimum absolute atomic E-state index is 0.0586. The van der Waals surface area contributed by atoms with Gasteiger partial charge in [0, 0.05) is 22.8 Å². The molecule has 0 saturated carbocycles. The number of rotatable bonds is 6. The number of para-hydroxylation sites is 1.